The van der Waals surface area contributed by atoms with E-state index in [9.17, 15) is 14.6 Å². The topological polar surface area (TPSA) is 49.7 Å². The second-order valence-electron chi connectivity index (χ2n) is 3.14. The van der Waals surface area contributed by atoms with E-state index in [0.29, 0.717) is 5.39 Å². The van der Waals surface area contributed by atoms with E-state index in [0.717, 1.165) is 6.07 Å². The third-order valence-electron chi connectivity index (χ3n) is 2.23. The molecule has 78 valence electrons. The first-order chi connectivity index (χ1) is 7.13. The average Bonchev–Trinajstić information content (AvgIpc) is 2.23. The molecule has 0 radical (unpaired) electrons. The monoisotopic (exact) mass is 208 g/mol. The van der Waals surface area contributed by atoms with Gasteiger partial charge >= 0.3 is 0 Å². The maximum absolute atomic E-state index is 12.9. The summed E-state index contributed by atoms with van der Waals surface area (Å²) in [5.74, 6) is -0.543. The van der Waals surface area contributed by atoms with E-state index in [1.807, 2.05) is 0 Å². The van der Waals surface area contributed by atoms with Crippen molar-refractivity contribution in [3.63, 3.8) is 0 Å². The molecule has 4 heteroatoms. The Hall–Kier alpha value is -1.97. The highest BCUT2D eigenvalue weighted by Gasteiger charge is 2.11. The summed E-state index contributed by atoms with van der Waals surface area (Å²) in [6, 6.07) is 5.00. The Morgan fingerprint density at radius 2 is 1.87 bits per heavy atom. The quantitative estimate of drug-likeness (QED) is 0.707. The van der Waals surface area contributed by atoms with Crippen LogP contribution in [-0.2, 0) is 0 Å². The van der Waals surface area contributed by atoms with Gasteiger partial charge in [0.25, 0.3) is 0 Å². The predicted molar refractivity (Wildman–Crippen MR) is 53.8 cm³/mol. The van der Waals surface area contributed by atoms with Gasteiger partial charge in [0.2, 0.25) is 0 Å². The van der Waals surface area contributed by atoms with Crippen LogP contribution in [0.3, 0.4) is 0 Å². The fraction of sp³-hybridized carbons (Fsp3) is 0.0909. The van der Waals surface area contributed by atoms with Crippen molar-refractivity contribution in [2.45, 2.75) is 0 Å². The number of fused-ring (bicyclic) bond motifs is 1. The number of benzene rings is 2. The van der Waals surface area contributed by atoms with E-state index in [1.165, 1.54) is 25.3 Å². The van der Waals surface area contributed by atoms with Crippen molar-refractivity contribution in [1.29, 1.82) is 0 Å². The lowest BCUT2D eigenvalue weighted by atomic mass is 10.1. The van der Waals surface area contributed by atoms with Gasteiger partial charge in [0.05, 0.1) is 7.11 Å². The van der Waals surface area contributed by atoms with Crippen LogP contribution in [0.2, 0.25) is 0 Å². The minimum atomic E-state index is -0.470. The standard InChI is InChI=1S/C11H9FO3/c1-15-10-5-9(13)8-4-6(12)2-3-7(8)11(10)14/h2-5,13-14H,1H3. The van der Waals surface area contributed by atoms with Gasteiger partial charge in [-0.3, -0.25) is 0 Å². The minimum Gasteiger partial charge on any atom is -0.507 e. The molecule has 0 amide bonds. The smallest absolute Gasteiger partial charge is 0.165 e. The van der Waals surface area contributed by atoms with Gasteiger partial charge in [0, 0.05) is 16.8 Å². The van der Waals surface area contributed by atoms with Gasteiger partial charge in [-0.15, -0.1) is 0 Å². The molecule has 0 saturated carbocycles. The molecule has 0 unspecified atom stereocenters. The Bertz CT molecular complexity index is 523. The first-order valence-corrected chi connectivity index (χ1v) is 4.31. The molecule has 0 aromatic heterocycles. The molecule has 2 aromatic rings. The number of phenols is 2. The van der Waals surface area contributed by atoms with Gasteiger partial charge in [0.15, 0.2) is 11.5 Å². The largest absolute Gasteiger partial charge is 0.507 e. The van der Waals surface area contributed by atoms with E-state index in [-0.39, 0.29) is 22.6 Å². The first-order valence-electron chi connectivity index (χ1n) is 4.31. The number of aromatic hydroxyl groups is 2. The maximum Gasteiger partial charge on any atom is 0.165 e. The van der Waals surface area contributed by atoms with Crippen molar-refractivity contribution in [3.8, 4) is 17.2 Å². The van der Waals surface area contributed by atoms with Crippen LogP contribution in [0.25, 0.3) is 10.8 Å². The molecule has 15 heavy (non-hydrogen) atoms. The molecule has 0 bridgehead atoms. The van der Waals surface area contributed by atoms with Gasteiger partial charge < -0.3 is 14.9 Å². The normalized spacial score (nSPS) is 10.5. The number of hydrogen-bond donors (Lipinski definition) is 2. The molecule has 2 rings (SSSR count). The number of ether oxygens (including phenoxy) is 1. The zero-order chi connectivity index (χ0) is 11.0. The number of hydrogen-bond acceptors (Lipinski definition) is 3. The van der Waals surface area contributed by atoms with Crippen LogP contribution in [0.1, 0.15) is 0 Å². The number of phenolic OH excluding ortho intramolecular Hbond substituents is 2. The van der Waals surface area contributed by atoms with E-state index in [4.69, 9.17) is 4.74 Å². The highest BCUT2D eigenvalue weighted by atomic mass is 19.1. The van der Waals surface area contributed by atoms with Crippen LogP contribution >= 0.6 is 0 Å². The summed E-state index contributed by atoms with van der Waals surface area (Å²) in [5.41, 5.74) is 0. The highest BCUT2D eigenvalue weighted by molar-refractivity contribution is 5.95. The van der Waals surface area contributed by atoms with Crippen LogP contribution in [0, 0.1) is 5.82 Å². The Balaban J connectivity index is 2.87. The molecule has 0 aliphatic rings. The molecule has 0 atom stereocenters. The van der Waals surface area contributed by atoms with E-state index in [1.54, 1.807) is 0 Å². The van der Waals surface area contributed by atoms with Crippen molar-refractivity contribution in [1.82, 2.24) is 0 Å². The molecule has 2 N–H and O–H groups in total. The summed E-state index contributed by atoms with van der Waals surface area (Å²) >= 11 is 0. The SMILES string of the molecule is COc1cc(O)c2cc(F)ccc2c1O. The molecule has 0 fully saturated rings. The average molecular weight is 208 g/mol. The Labute approximate surface area is 85.3 Å². The van der Waals surface area contributed by atoms with Crippen LogP contribution in [-0.4, -0.2) is 17.3 Å². The van der Waals surface area contributed by atoms with Crippen LogP contribution in [0.4, 0.5) is 4.39 Å². The molecule has 0 aliphatic heterocycles. The zero-order valence-corrected chi connectivity index (χ0v) is 7.99. The van der Waals surface area contributed by atoms with Crippen LogP contribution in [0.5, 0.6) is 17.2 Å². The molecule has 0 aliphatic carbocycles. The molecule has 0 heterocycles. The molecular formula is C11H9FO3. The van der Waals surface area contributed by atoms with E-state index >= 15 is 0 Å². The second kappa shape index (κ2) is 3.31. The van der Waals surface area contributed by atoms with E-state index in [2.05, 4.69) is 0 Å². The summed E-state index contributed by atoms with van der Waals surface area (Å²) in [4.78, 5) is 0. The number of rotatable bonds is 1. The summed E-state index contributed by atoms with van der Waals surface area (Å²) in [5, 5.41) is 19.9. The van der Waals surface area contributed by atoms with Crippen LogP contribution in [0.15, 0.2) is 24.3 Å². The van der Waals surface area contributed by atoms with Crippen molar-refractivity contribution in [2.24, 2.45) is 0 Å². The second-order valence-corrected chi connectivity index (χ2v) is 3.14. The highest BCUT2D eigenvalue weighted by Crippen LogP contribution is 2.40. The summed E-state index contributed by atoms with van der Waals surface area (Å²) in [6.07, 6.45) is 0. The number of halogens is 1. The van der Waals surface area contributed by atoms with Gasteiger partial charge in [-0.05, 0) is 18.2 Å². The lowest BCUT2D eigenvalue weighted by molar-refractivity contribution is 0.372. The van der Waals surface area contributed by atoms with Crippen molar-refractivity contribution >= 4 is 10.8 Å². The summed E-state index contributed by atoms with van der Waals surface area (Å²) in [7, 11) is 1.38. The van der Waals surface area contributed by atoms with Crippen LogP contribution < -0.4 is 4.74 Å². The van der Waals surface area contributed by atoms with Gasteiger partial charge in [-0.2, -0.15) is 0 Å². The fourth-order valence-electron chi connectivity index (χ4n) is 1.49. The van der Waals surface area contributed by atoms with Gasteiger partial charge in [0.1, 0.15) is 11.6 Å². The maximum atomic E-state index is 12.9. The first kappa shape index (κ1) is 9.58. The third kappa shape index (κ3) is 1.44. The predicted octanol–water partition coefficient (Wildman–Crippen LogP) is 2.40. The van der Waals surface area contributed by atoms with Crippen molar-refractivity contribution in [2.75, 3.05) is 7.11 Å². The fourth-order valence-corrected chi connectivity index (χ4v) is 1.49. The third-order valence-corrected chi connectivity index (χ3v) is 2.23. The zero-order valence-electron chi connectivity index (χ0n) is 7.99. The Morgan fingerprint density at radius 3 is 2.53 bits per heavy atom. The van der Waals surface area contributed by atoms with Gasteiger partial charge in [-0.25, -0.2) is 4.39 Å². The molecule has 0 spiro atoms. The van der Waals surface area contributed by atoms with E-state index < -0.39 is 5.82 Å². The lowest BCUT2D eigenvalue weighted by Crippen LogP contribution is -1.86. The molecule has 3 nitrogen and oxygen atoms in total. The molecule has 0 saturated heterocycles. The minimum absolute atomic E-state index is 0.106. The van der Waals surface area contributed by atoms with Crippen molar-refractivity contribution in [3.05, 3.63) is 30.1 Å². The lowest BCUT2D eigenvalue weighted by Gasteiger charge is -2.08. The summed E-state index contributed by atoms with van der Waals surface area (Å²) < 4.78 is 17.8. The Kier molecular flexibility index (Phi) is 2.11. The summed E-state index contributed by atoms with van der Waals surface area (Å²) in [6.45, 7) is 0. The molecular weight excluding hydrogens is 199 g/mol. The molecule has 2 aromatic carbocycles. The van der Waals surface area contributed by atoms with Gasteiger partial charge in [-0.1, -0.05) is 0 Å². The number of methoxy groups -OCH3 is 1. The van der Waals surface area contributed by atoms with Crippen molar-refractivity contribution < 1.29 is 19.3 Å². The Morgan fingerprint density at radius 1 is 1.13 bits per heavy atom.